The van der Waals surface area contributed by atoms with Crippen molar-refractivity contribution >= 4 is 11.6 Å². The van der Waals surface area contributed by atoms with Gasteiger partial charge in [0.1, 0.15) is 5.82 Å². The molecule has 0 atom stereocenters. The van der Waals surface area contributed by atoms with E-state index in [0.29, 0.717) is 18.5 Å². The molecule has 0 fully saturated rings. The van der Waals surface area contributed by atoms with E-state index in [-0.39, 0.29) is 17.2 Å². The lowest BCUT2D eigenvalue weighted by Gasteiger charge is -2.09. The fourth-order valence-corrected chi connectivity index (χ4v) is 1.84. The summed E-state index contributed by atoms with van der Waals surface area (Å²) in [7, 11) is 0. The molecule has 5 heteroatoms. The molecule has 0 aliphatic carbocycles. The number of carbonyl (C=O) groups excluding carboxylic acids is 1. The maximum Gasteiger partial charge on any atom is 0.255 e. The van der Waals surface area contributed by atoms with Gasteiger partial charge in [-0.2, -0.15) is 0 Å². The van der Waals surface area contributed by atoms with Crippen molar-refractivity contribution in [3.8, 4) is 5.69 Å². The van der Waals surface area contributed by atoms with Gasteiger partial charge in [-0.3, -0.25) is 14.2 Å². The summed E-state index contributed by atoms with van der Waals surface area (Å²) in [5, 5.41) is 2.50. The quantitative estimate of drug-likeness (QED) is 0.932. The summed E-state index contributed by atoms with van der Waals surface area (Å²) in [5.41, 5.74) is 0.299. The Hall–Kier alpha value is -2.43. The number of pyridine rings is 1. The zero-order valence-corrected chi connectivity index (χ0v) is 11.1. The maximum absolute atomic E-state index is 13.9. The van der Waals surface area contributed by atoms with E-state index in [1.807, 2.05) is 6.92 Å². The number of rotatable bonds is 4. The molecule has 1 aromatic carbocycles. The Labute approximate surface area is 115 Å². The van der Waals surface area contributed by atoms with Crippen LogP contribution < -0.4 is 10.9 Å². The highest BCUT2D eigenvalue weighted by Gasteiger charge is 2.08. The summed E-state index contributed by atoms with van der Waals surface area (Å²) < 4.78 is 15.3. The molecular weight excluding hydrogens is 259 g/mol. The van der Waals surface area contributed by atoms with Crippen LogP contribution in [-0.2, 0) is 4.79 Å². The molecule has 1 N–H and O–H groups in total. The van der Waals surface area contributed by atoms with E-state index in [1.165, 1.54) is 22.8 Å². The normalized spacial score (nSPS) is 10.3. The summed E-state index contributed by atoms with van der Waals surface area (Å²) in [6.45, 7) is 1.88. The average molecular weight is 274 g/mol. The molecule has 2 aromatic rings. The summed E-state index contributed by atoms with van der Waals surface area (Å²) in [6.07, 6.45) is 2.61. The molecule has 0 radical (unpaired) electrons. The van der Waals surface area contributed by atoms with E-state index in [4.69, 9.17) is 0 Å². The molecule has 1 heterocycles. The fraction of sp³-hybridized carbons (Fsp3) is 0.200. The minimum Gasteiger partial charge on any atom is -0.324 e. The van der Waals surface area contributed by atoms with Gasteiger partial charge in [0.15, 0.2) is 0 Å². The average Bonchev–Trinajstić information content (AvgIpc) is 2.42. The number of benzene rings is 1. The topological polar surface area (TPSA) is 51.1 Å². The molecule has 20 heavy (non-hydrogen) atoms. The van der Waals surface area contributed by atoms with Crippen molar-refractivity contribution in [1.82, 2.24) is 4.57 Å². The summed E-state index contributed by atoms with van der Waals surface area (Å²) >= 11 is 0. The van der Waals surface area contributed by atoms with E-state index in [9.17, 15) is 14.0 Å². The van der Waals surface area contributed by atoms with Crippen LogP contribution in [0.5, 0.6) is 0 Å². The highest BCUT2D eigenvalue weighted by molar-refractivity contribution is 5.90. The fourth-order valence-electron chi connectivity index (χ4n) is 1.84. The number of anilines is 1. The van der Waals surface area contributed by atoms with Gasteiger partial charge < -0.3 is 5.32 Å². The number of halogens is 1. The third-order valence-electron chi connectivity index (χ3n) is 2.80. The minimum absolute atomic E-state index is 0.121. The van der Waals surface area contributed by atoms with Crippen molar-refractivity contribution in [3.63, 3.8) is 0 Å². The van der Waals surface area contributed by atoms with E-state index in [2.05, 4.69) is 5.32 Å². The van der Waals surface area contributed by atoms with E-state index in [0.717, 1.165) is 0 Å². The first-order valence-corrected chi connectivity index (χ1v) is 6.39. The molecule has 1 amide bonds. The Balaban J connectivity index is 2.29. The second-order valence-corrected chi connectivity index (χ2v) is 4.37. The van der Waals surface area contributed by atoms with Gasteiger partial charge in [0.05, 0.1) is 11.4 Å². The summed E-state index contributed by atoms with van der Waals surface area (Å²) in [5.74, 6) is -0.793. The molecule has 0 aliphatic heterocycles. The van der Waals surface area contributed by atoms with Gasteiger partial charge in [-0.25, -0.2) is 4.39 Å². The summed E-state index contributed by atoms with van der Waals surface area (Å²) in [4.78, 5) is 23.1. The van der Waals surface area contributed by atoms with E-state index < -0.39 is 5.82 Å². The predicted octanol–water partition coefficient (Wildman–Crippen LogP) is 2.72. The van der Waals surface area contributed by atoms with Gasteiger partial charge in [-0.15, -0.1) is 0 Å². The van der Waals surface area contributed by atoms with Crippen LogP contribution in [0.2, 0.25) is 0 Å². The number of nitrogens with zero attached hydrogens (tertiary/aromatic N) is 1. The Morgan fingerprint density at radius 2 is 2.10 bits per heavy atom. The van der Waals surface area contributed by atoms with Crippen molar-refractivity contribution in [2.75, 3.05) is 5.32 Å². The van der Waals surface area contributed by atoms with Gasteiger partial charge in [0, 0.05) is 24.8 Å². The van der Waals surface area contributed by atoms with E-state index in [1.54, 1.807) is 24.4 Å². The van der Waals surface area contributed by atoms with Crippen molar-refractivity contribution < 1.29 is 9.18 Å². The van der Waals surface area contributed by atoms with Gasteiger partial charge in [-0.1, -0.05) is 13.0 Å². The zero-order valence-electron chi connectivity index (χ0n) is 11.1. The third kappa shape index (κ3) is 3.12. The van der Waals surface area contributed by atoms with Gasteiger partial charge in [0.25, 0.3) is 5.56 Å². The van der Waals surface area contributed by atoms with Crippen LogP contribution in [0.15, 0.2) is 47.4 Å². The molecule has 0 saturated carbocycles. The largest absolute Gasteiger partial charge is 0.324 e. The van der Waals surface area contributed by atoms with Crippen molar-refractivity contribution in [1.29, 1.82) is 0 Å². The molecule has 0 unspecified atom stereocenters. The number of carbonyl (C=O) groups is 1. The second kappa shape index (κ2) is 6.14. The monoisotopic (exact) mass is 274 g/mol. The Bertz CT molecular complexity index is 680. The van der Waals surface area contributed by atoms with Gasteiger partial charge in [-0.05, 0) is 24.6 Å². The lowest BCUT2D eigenvalue weighted by Crippen LogP contribution is -2.16. The van der Waals surface area contributed by atoms with Crippen LogP contribution in [0.3, 0.4) is 0 Å². The van der Waals surface area contributed by atoms with Crippen LogP contribution in [-0.4, -0.2) is 10.5 Å². The molecule has 4 nitrogen and oxygen atoms in total. The maximum atomic E-state index is 13.9. The number of amides is 1. The number of aromatic nitrogens is 1. The molecule has 1 aromatic heterocycles. The molecule has 0 saturated heterocycles. The molecule has 0 bridgehead atoms. The number of nitrogens with one attached hydrogen (secondary N) is 1. The number of hydrogen-bond donors (Lipinski definition) is 1. The van der Waals surface area contributed by atoms with Gasteiger partial charge in [0.2, 0.25) is 5.91 Å². The van der Waals surface area contributed by atoms with Crippen LogP contribution in [0.25, 0.3) is 5.69 Å². The van der Waals surface area contributed by atoms with E-state index >= 15 is 0 Å². The van der Waals surface area contributed by atoms with Crippen molar-refractivity contribution in [2.24, 2.45) is 0 Å². The third-order valence-corrected chi connectivity index (χ3v) is 2.80. The first kappa shape index (κ1) is 14.0. The van der Waals surface area contributed by atoms with Crippen LogP contribution in [0, 0.1) is 5.82 Å². The van der Waals surface area contributed by atoms with Crippen LogP contribution >= 0.6 is 0 Å². The summed E-state index contributed by atoms with van der Waals surface area (Å²) in [6, 6.07) is 8.98. The molecule has 0 spiro atoms. The molecule has 0 aliphatic rings. The van der Waals surface area contributed by atoms with Crippen LogP contribution in [0.4, 0.5) is 10.1 Å². The second-order valence-electron chi connectivity index (χ2n) is 4.37. The Kier molecular flexibility index (Phi) is 4.30. The first-order chi connectivity index (χ1) is 9.61. The Morgan fingerprint density at radius 3 is 2.75 bits per heavy atom. The molecule has 104 valence electrons. The first-order valence-electron chi connectivity index (χ1n) is 6.39. The van der Waals surface area contributed by atoms with Crippen molar-refractivity contribution in [3.05, 3.63) is 58.8 Å². The lowest BCUT2D eigenvalue weighted by atomic mass is 10.2. The molecular formula is C15H15FN2O2. The number of hydrogen-bond acceptors (Lipinski definition) is 2. The minimum atomic E-state index is -0.567. The SMILES string of the molecule is CCCC(=O)Nc1ccc(-n2ccccc2=O)cc1F. The Morgan fingerprint density at radius 1 is 1.30 bits per heavy atom. The highest BCUT2D eigenvalue weighted by atomic mass is 19.1. The predicted molar refractivity (Wildman–Crippen MR) is 75.5 cm³/mol. The van der Waals surface area contributed by atoms with Crippen LogP contribution in [0.1, 0.15) is 19.8 Å². The standard InChI is InChI=1S/C15H15FN2O2/c1-2-5-14(19)17-13-8-7-11(10-12(13)16)18-9-4-3-6-15(18)20/h3-4,6-10H,2,5H2,1H3,(H,17,19). The highest BCUT2D eigenvalue weighted by Crippen LogP contribution is 2.18. The molecule has 2 rings (SSSR count). The zero-order chi connectivity index (χ0) is 14.5. The van der Waals surface area contributed by atoms with Gasteiger partial charge >= 0.3 is 0 Å². The smallest absolute Gasteiger partial charge is 0.255 e. The lowest BCUT2D eigenvalue weighted by molar-refractivity contribution is -0.116. The van der Waals surface area contributed by atoms with Crippen molar-refractivity contribution in [2.45, 2.75) is 19.8 Å².